The van der Waals surface area contributed by atoms with Crippen LogP contribution in [0.15, 0.2) is 72.8 Å². The van der Waals surface area contributed by atoms with E-state index in [9.17, 15) is 5.11 Å². The maximum absolute atomic E-state index is 11.7. The molecule has 4 aromatic rings. The number of para-hydroxylation sites is 2. The van der Waals surface area contributed by atoms with E-state index in [1.807, 2.05) is 0 Å². The second-order valence-corrected chi connectivity index (χ2v) is 14.2. The number of piperazine rings is 2. The van der Waals surface area contributed by atoms with Crippen LogP contribution in [0.3, 0.4) is 0 Å². The number of anilines is 2. The van der Waals surface area contributed by atoms with Gasteiger partial charge in [0.05, 0.1) is 4.88 Å². The number of hydrogen-bond donors (Lipinski definition) is 1. The van der Waals surface area contributed by atoms with E-state index in [-0.39, 0.29) is 0 Å². The predicted molar refractivity (Wildman–Crippen MR) is 182 cm³/mol. The summed E-state index contributed by atoms with van der Waals surface area (Å²) in [6.45, 7) is 11.6. The molecule has 2 aliphatic heterocycles. The van der Waals surface area contributed by atoms with Crippen LogP contribution in [0, 0.1) is 3.82 Å². The molecule has 0 bridgehead atoms. The van der Waals surface area contributed by atoms with Crippen LogP contribution in [0.2, 0.25) is 0 Å². The van der Waals surface area contributed by atoms with Crippen molar-refractivity contribution in [2.45, 2.75) is 32.9 Å². The second-order valence-electron chi connectivity index (χ2n) is 11.4. The molecule has 0 unspecified atom stereocenters. The summed E-state index contributed by atoms with van der Waals surface area (Å²) in [6.07, 6.45) is 2.08. The number of phenols is 1. The number of hydrogen-bond acceptors (Lipinski definition) is 8. The molecule has 0 atom stereocenters. The third kappa shape index (κ3) is 6.74. The fraction of sp³-hybridized carbons (Fsp3) is 0.382. The molecule has 0 aliphatic carbocycles. The van der Waals surface area contributed by atoms with Crippen LogP contribution in [0.1, 0.15) is 30.0 Å². The minimum atomic E-state index is 0.464. The van der Waals surface area contributed by atoms with Gasteiger partial charge in [0.25, 0.3) is 0 Å². The van der Waals surface area contributed by atoms with Crippen molar-refractivity contribution in [3.8, 4) is 16.2 Å². The molecule has 8 heteroatoms. The van der Waals surface area contributed by atoms with E-state index in [2.05, 4.69) is 99.3 Å². The zero-order valence-electron chi connectivity index (χ0n) is 24.4. The normalized spacial score (nSPS) is 16.7. The average molecular weight is 617 g/mol. The summed E-state index contributed by atoms with van der Waals surface area (Å²) in [4.78, 5) is 11.2. The Morgan fingerprint density at radius 3 is 1.62 bits per heavy atom. The Balaban J connectivity index is 1.22. The first-order valence-corrected chi connectivity index (χ1v) is 17.7. The molecule has 6 rings (SSSR count). The summed E-state index contributed by atoms with van der Waals surface area (Å²) in [5.41, 5.74) is 7.16. The van der Waals surface area contributed by atoms with E-state index in [0.29, 0.717) is 5.75 Å². The van der Waals surface area contributed by atoms with Crippen LogP contribution in [-0.4, -0.2) is 67.3 Å². The summed E-state index contributed by atoms with van der Waals surface area (Å²) in [7, 11) is 3.51. The second kappa shape index (κ2) is 13.7. The van der Waals surface area contributed by atoms with E-state index in [1.54, 1.807) is 20.7 Å². The fourth-order valence-corrected chi connectivity index (χ4v) is 9.17. The highest BCUT2D eigenvalue weighted by molar-refractivity contribution is 7.80. The summed E-state index contributed by atoms with van der Waals surface area (Å²) in [5, 5.41) is 11.7. The monoisotopic (exact) mass is 616 g/mol. The van der Waals surface area contributed by atoms with Crippen LogP contribution >= 0.6 is 32.9 Å². The number of aromatic hydroxyl groups is 1. The fourth-order valence-electron chi connectivity index (χ4n) is 6.18. The van der Waals surface area contributed by atoms with Crippen molar-refractivity contribution in [3.63, 3.8) is 0 Å². The van der Waals surface area contributed by atoms with Gasteiger partial charge in [-0.15, -0.1) is 0 Å². The third-order valence-corrected chi connectivity index (χ3v) is 11.7. The van der Waals surface area contributed by atoms with E-state index in [0.717, 1.165) is 93.2 Å². The maximum Gasteiger partial charge on any atom is 0.124 e. The lowest BCUT2D eigenvalue weighted by atomic mass is 9.99. The highest BCUT2D eigenvalue weighted by Crippen LogP contribution is 2.39. The Bertz CT molecular complexity index is 1420. The van der Waals surface area contributed by atoms with Gasteiger partial charge in [0.2, 0.25) is 0 Å². The molecular formula is C34H40N4OS3. The first kappa shape index (κ1) is 29.3. The van der Waals surface area contributed by atoms with Gasteiger partial charge in [-0.05, 0) is 53.9 Å². The number of benzene rings is 3. The summed E-state index contributed by atoms with van der Waals surface area (Å²) in [6, 6.07) is 25.9. The Labute approximate surface area is 262 Å². The number of phenolic OH excluding ortho intramolecular Hbond substituents is 1. The molecule has 1 N–H and O–H groups in total. The largest absolute Gasteiger partial charge is 0.507 e. The van der Waals surface area contributed by atoms with E-state index in [1.165, 1.54) is 27.4 Å². The SMILES string of the molecule is CCCc1c(-c2cc(CN3CCN(c4ccccc4)CC3)c(O)c(CN3CCN(c4ccccc4)CC3)c2)ssc1=S. The van der Waals surface area contributed by atoms with Gasteiger partial charge >= 0.3 is 0 Å². The van der Waals surface area contributed by atoms with Crippen molar-refractivity contribution < 1.29 is 5.11 Å². The number of rotatable bonds is 9. The zero-order chi connectivity index (χ0) is 28.9. The molecule has 2 fully saturated rings. The molecule has 3 heterocycles. The molecule has 0 saturated carbocycles. The summed E-state index contributed by atoms with van der Waals surface area (Å²) < 4.78 is 1.02. The zero-order valence-corrected chi connectivity index (χ0v) is 26.8. The lowest BCUT2D eigenvalue weighted by molar-refractivity contribution is 0.240. The minimum absolute atomic E-state index is 0.464. The highest BCUT2D eigenvalue weighted by atomic mass is 32.9. The molecule has 0 amide bonds. The Hall–Kier alpha value is -2.75. The van der Waals surface area contributed by atoms with Gasteiger partial charge in [0, 0.05) is 87.9 Å². The molecule has 2 aliphatic rings. The van der Waals surface area contributed by atoms with Gasteiger partial charge in [-0.3, -0.25) is 9.80 Å². The average Bonchev–Trinajstić information content (AvgIpc) is 3.40. The van der Waals surface area contributed by atoms with E-state index < -0.39 is 0 Å². The van der Waals surface area contributed by atoms with Crippen LogP contribution in [0.5, 0.6) is 5.75 Å². The summed E-state index contributed by atoms with van der Waals surface area (Å²) >= 11 is 5.75. The first-order chi connectivity index (χ1) is 20.6. The van der Waals surface area contributed by atoms with Crippen LogP contribution in [0.4, 0.5) is 11.4 Å². The van der Waals surface area contributed by atoms with Crippen LogP contribution in [-0.2, 0) is 19.5 Å². The number of nitrogens with zero attached hydrogens (tertiary/aromatic N) is 4. The smallest absolute Gasteiger partial charge is 0.124 e. The van der Waals surface area contributed by atoms with Crippen molar-refractivity contribution in [2.75, 3.05) is 62.2 Å². The van der Waals surface area contributed by atoms with Crippen LogP contribution in [0.25, 0.3) is 10.4 Å². The predicted octanol–water partition coefficient (Wildman–Crippen LogP) is 7.51. The standard InChI is InChI=1S/C34H40N4OS3/c1-2-9-31-33(41-42-34(31)40)26-22-27(24-35-14-18-37(19-15-35)29-10-5-3-6-11-29)32(39)28(23-26)25-36-16-20-38(21-17-36)30-12-7-4-8-13-30/h3-8,10-13,22-23,39H,2,9,14-21,24-25H2,1H3. The van der Waals surface area contributed by atoms with Crippen molar-refractivity contribution >= 4 is 44.3 Å². The van der Waals surface area contributed by atoms with Gasteiger partial charge in [-0.2, -0.15) is 0 Å². The minimum Gasteiger partial charge on any atom is -0.507 e. The molecule has 5 nitrogen and oxygen atoms in total. The first-order valence-electron chi connectivity index (χ1n) is 15.1. The molecule has 42 heavy (non-hydrogen) atoms. The van der Waals surface area contributed by atoms with Crippen molar-refractivity contribution in [2.24, 2.45) is 0 Å². The molecular weight excluding hydrogens is 577 g/mol. The van der Waals surface area contributed by atoms with Gasteiger partial charge in [-0.1, -0.05) is 82.6 Å². The van der Waals surface area contributed by atoms with Crippen LogP contribution < -0.4 is 9.80 Å². The van der Waals surface area contributed by atoms with Gasteiger partial charge < -0.3 is 14.9 Å². The Morgan fingerprint density at radius 2 is 1.17 bits per heavy atom. The van der Waals surface area contributed by atoms with Gasteiger partial charge in [-0.25, -0.2) is 0 Å². The highest BCUT2D eigenvalue weighted by Gasteiger charge is 2.23. The molecule has 1 aromatic heterocycles. The summed E-state index contributed by atoms with van der Waals surface area (Å²) in [5.74, 6) is 0.464. The maximum atomic E-state index is 11.7. The van der Waals surface area contributed by atoms with Crippen molar-refractivity contribution in [1.82, 2.24) is 9.80 Å². The Morgan fingerprint density at radius 1 is 0.690 bits per heavy atom. The lowest BCUT2D eigenvalue weighted by Crippen LogP contribution is -2.46. The molecule has 3 aromatic carbocycles. The van der Waals surface area contributed by atoms with Gasteiger partial charge in [0.1, 0.15) is 9.57 Å². The van der Waals surface area contributed by atoms with Crippen molar-refractivity contribution in [3.05, 3.63) is 93.3 Å². The third-order valence-electron chi connectivity index (χ3n) is 8.53. The molecule has 0 spiro atoms. The quantitative estimate of drug-likeness (QED) is 0.155. The topological polar surface area (TPSA) is 33.2 Å². The van der Waals surface area contributed by atoms with E-state index in [4.69, 9.17) is 12.2 Å². The molecule has 0 radical (unpaired) electrons. The molecule has 2 saturated heterocycles. The van der Waals surface area contributed by atoms with Gasteiger partial charge in [0.15, 0.2) is 0 Å². The Kier molecular flexibility index (Phi) is 9.56. The lowest BCUT2D eigenvalue weighted by Gasteiger charge is -2.37. The van der Waals surface area contributed by atoms with E-state index >= 15 is 0 Å². The van der Waals surface area contributed by atoms with Crippen molar-refractivity contribution in [1.29, 1.82) is 0 Å². The molecule has 220 valence electrons.